The zero-order chi connectivity index (χ0) is 15.5. The first-order valence-corrected chi connectivity index (χ1v) is 8.93. The van der Waals surface area contributed by atoms with Crippen LogP contribution in [0.15, 0.2) is 28.7 Å². The molecule has 2 N–H and O–H groups in total. The molecular formula is C15H22N2O3S. The molecule has 21 heavy (non-hydrogen) atoms. The normalized spacial score (nSPS) is 13.7. The minimum Gasteiger partial charge on any atom is -0.459 e. The van der Waals surface area contributed by atoms with E-state index in [1.165, 1.54) is 6.26 Å². The number of sulfonamides is 1. The molecule has 5 nitrogen and oxygen atoms in total. The minimum absolute atomic E-state index is 0.0932. The van der Waals surface area contributed by atoms with Crippen molar-refractivity contribution < 1.29 is 12.8 Å². The third kappa shape index (κ3) is 4.30. The van der Waals surface area contributed by atoms with E-state index in [9.17, 15) is 8.42 Å². The molecule has 116 valence electrons. The third-order valence-electron chi connectivity index (χ3n) is 3.44. The molecule has 1 aromatic heterocycles. The van der Waals surface area contributed by atoms with Gasteiger partial charge >= 0.3 is 0 Å². The predicted octanol–water partition coefficient (Wildman–Crippen LogP) is 2.33. The molecule has 1 atom stereocenters. The molecule has 2 rings (SSSR count). The van der Waals surface area contributed by atoms with Crippen LogP contribution in [0.3, 0.4) is 0 Å². The number of furan rings is 1. The molecule has 0 unspecified atom stereocenters. The Morgan fingerprint density at radius 1 is 1.24 bits per heavy atom. The van der Waals surface area contributed by atoms with Gasteiger partial charge in [-0.3, -0.25) is 0 Å². The maximum absolute atomic E-state index is 10.9. The molecule has 0 fully saturated rings. The van der Waals surface area contributed by atoms with Gasteiger partial charge in [0, 0.05) is 11.9 Å². The molecule has 6 heteroatoms. The van der Waals surface area contributed by atoms with Crippen LogP contribution in [0.2, 0.25) is 0 Å². The number of fused-ring (bicyclic) bond motifs is 1. The first-order chi connectivity index (χ1) is 9.88. The largest absolute Gasteiger partial charge is 0.459 e. The highest BCUT2D eigenvalue weighted by Gasteiger charge is 2.15. The second-order valence-corrected chi connectivity index (χ2v) is 7.12. The van der Waals surface area contributed by atoms with E-state index in [-0.39, 0.29) is 6.04 Å². The number of benzene rings is 1. The summed E-state index contributed by atoms with van der Waals surface area (Å²) in [6.45, 7) is 5.27. The SMILES string of the molecule is Cc1c([C@@H](C)NCCCNS(C)(=O)=O)oc2ccccc12. The second kappa shape index (κ2) is 6.60. The molecule has 0 aliphatic carbocycles. The van der Waals surface area contributed by atoms with Gasteiger partial charge in [0.25, 0.3) is 0 Å². The molecule has 1 aromatic carbocycles. The molecule has 0 bridgehead atoms. The maximum atomic E-state index is 10.9. The number of hydrogen-bond acceptors (Lipinski definition) is 4. The first-order valence-electron chi connectivity index (χ1n) is 7.04. The monoisotopic (exact) mass is 310 g/mol. The summed E-state index contributed by atoms with van der Waals surface area (Å²) >= 11 is 0. The summed E-state index contributed by atoms with van der Waals surface area (Å²) in [5.41, 5.74) is 2.05. The highest BCUT2D eigenvalue weighted by atomic mass is 32.2. The summed E-state index contributed by atoms with van der Waals surface area (Å²) in [7, 11) is -3.10. The lowest BCUT2D eigenvalue weighted by Crippen LogP contribution is -2.27. The van der Waals surface area contributed by atoms with Crippen molar-refractivity contribution in [3.63, 3.8) is 0 Å². The van der Waals surface area contributed by atoms with E-state index in [1.54, 1.807) is 0 Å². The number of rotatable bonds is 7. The van der Waals surface area contributed by atoms with Crippen molar-refractivity contribution in [3.8, 4) is 0 Å². The van der Waals surface area contributed by atoms with Crippen LogP contribution in [-0.2, 0) is 10.0 Å². The van der Waals surface area contributed by atoms with Gasteiger partial charge in [-0.15, -0.1) is 0 Å². The van der Waals surface area contributed by atoms with E-state index < -0.39 is 10.0 Å². The average molecular weight is 310 g/mol. The summed E-state index contributed by atoms with van der Waals surface area (Å²) in [6.07, 6.45) is 1.90. The Hall–Kier alpha value is -1.37. The summed E-state index contributed by atoms with van der Waals surface area (Å²) in [6, 6.07) is 8.08. The third-order valence-corrected chi connectivity index (χ3v) is 4.17. The lowest BCUT2D eigenvalue weighted by Gasteiger charge is -2.12. The van der Waals surface area contributed by atoms with E-state index in [0.717, 1.165) is 35.3 Å². The number of hydrogen-bond donors (Lipinski definition) is 2. The molecule has 0 saturated heterocycles. The van der Waals surface area contributed by atoms with Crippen LogP contribution in [0.5, 0.6) is 0 Å². The van der Waals surface area contributed by atoms with Crippen LogP contribution in [0.1, 0.15) is 30.7 Å². The van der Waals surface area contributed by atoms with Gasteiger partial charge in [0.05, 0.1) is 12.3 Å². The fourth-order valence-electron chi connectivity index (χ4n) is 2.36. The van der Waals surface area contributed by atoms with Gasteiger partial charge in [0.15, 0.2) is 0 Å². The van der Waals surface area contributed by atoms with Crippen LogP contribution < -0.4 is 10.0 Å². The maximum Gasteiger partial charge on any atom is 0.208 e. The van der Waals surface area contributed by atoms with Gasteiger partial charge in [0.1, 0.15) is 11.3 Å². The molecule has 0 aliphatic rings. The van der Waals surface area contributed by atoms with Crippen molar-refractivity contribution in [3.05, 3.63) is 35.6 Å². The smallest absolute Gasteiger partial charge is 0.208 e. The fourth-order valence-corrected chi connectivity index (χ4v) is 2.88. The van der Waals surface area contributed by atoms with Crippen molar-refractivity contribution in [2.75, 3.05) is 19.3 Å². The molecule has 0 saturated carbocycles. The molecule has 0 spiro atoms. The van der Waals surface area contributed by atoms with Crippen LogP contribution in [0.25, 0.3) is 11.0 Å². The Morgan fingerprint density at radius 3 is 2.62 bits per heavy atom. The van der Waals surface area contributed by atoms with E-state index in [0.29, 0.717) is 6.54 Å². The van der Waals surface area contributed by atoms with Crippen LogP contribution in [0.4, 0.5) is 0 Å². The van der Waals surface area contributed by atoms with Crippen LogP contribution in [-0.4, -0.2) is 27.8 Å². The van der Waals surface area contributed by atoms with Gasteiger partial charge in [0.2, 0.25) is 10.0 Å². The van der Waals surface area contributed by atoms with Gasteiger partial charge in [-0.25, -0.2) is 13.1 Å². The molecule has 1 heterocycles. The minimum atomic E-state index is -3.10. The number of aryl methyl sites for hydroxylation is 1. The van der Waals surface area contributed by atoms with Gasteiger partial charge in [-0.1, -0.05) is 18.2 Å². The Morgan fingerprint density at radius 2 is 1.95 bits per heavy atom. The fraction of sp³-hybridized carbons (Fsp3) is 0.467. The topological polar surface area (TPSA) is 71.3 Å². The zero-order valence-corrected chi connectivity index (χ0v) is 13.5. The number of nitrogens with one attached hydrogen (secondary N) is 2. The van der Waals surface area contributed by atoms with Gasteiger partial charge in [-0.05, 0) is 38.4 Å². The highest BCUT2D eigenvalue weighted by Crippen LogP contribution is 2.28. The standard InChI is InChI=1S/C15H22N2O3S/c1-11-13-7-4-5-8-14(13)20-15(11)12(2)16-9-6-10-17-21(3,18)19/h4-5,7-8,12,16-17H,6,9-10H2,1-3H3/t12-/m1/s1. The molecule has 0 radical (unpaired) electrons. The average Bonchev–Trinajstić information content (AvgIpc) is 2.75. The van der Waals surface area contributed by atoms with E-state index in [1.807, 2.05) is 18.2 Å². The van der Waals surface area contributed by atoms with E-state index in [2.05, 4.69) is 30.0 Å². The predicted molar refractivity (Wildman–Crippen MR) is 84.8 cm³/mol. The summed E-state index contributed by atoms with van der Waals surface area (Å²) in [5, 5.41) is 4.50. The summed E-state index contributed by atoms with van der Waals surface area (Å²) in [5.74, 6) is 0.937. The summed E-state index contributed by atoms with van der Waals surface area (Å²) < 4.78 is 30.3. The second-order valence-electron chi connectivity index (χ2n) is 5.28. The zero-order valence-electron chi connectivity index (χ0n) is 12.6. The molecule has 2 aromatic rings. The molecule has 0 amide bonds. The van der Waals surface area contributed by atoms with Crippen LogP contribution in [0, 0.1) is 6.92 Å². The van der Waals surface area contributed by atoms with Gasteiger partial charge < -0.3 is 9.73 Å². The highest BCUT2D eigenvalue weighted by molar-refractivity contribution is 7.88. The van der Waals surface area contributed by atoms with E-state index in [4.69, 9.17) is 4.42 Å². The number of para-hydroxylation sites is 1. The van der Waals surface area contributed by atoms with Crippen molar-refractivity contribution in [1.29, 1.82) is 0 Å². The van der Waals surface area contributed by atoms with E-state index >= 15 is 0 Å². The lowest BCUT2D eigenvalue weighted by molar-refractivity contribution is 0.445. The van der Waals surface area contributed by atoms with Crippen molar-refractivity contribution >= 4 is 21.0 Å². The molecular weight excluding hydrogens is 288 g/mol. The quantitative estimate of drug-likeness (QED) is 0.770. The summed E-state index contributed by atoms with van der Waals surface area (Å²) in [4.78, 5) is 0. The molecule has 0 aliphatic heterocycles. The lowest BCUT2D eigenvalue weighted by atomic mass is 10.1. The van der Waals surface area contributed by atoms with Crippen molar-refractivity contribution in [2.24, 2.45) is 0 Å². The Labute approximate surface area is 125 Å². The van der Waals surface area contributed by atoms with Crippen molar-refractivity contribution in [1.82, 2.24) is 10.0 Å². The Balaban J connectivity index is 1.90. The van der Waals surface area contributed by atoms with Crippen molar-refractivity contribution in [2.45, 2.75) is 26.3 Å². The van der Waals surface area contributed by atoms with Gasteiger partial charge in [-0.2, -0.15) is 0 Å². The van der Waals surface area contributed by atoms with Crippen LogP contribution >= 0.6 is 0 Å². The Kier molecular flexibility index (Phi) is 5.03. The first kappa shape index (κ1) is 16.0. The Bertz CT molecular complexity index is 707.